The van der Waals surface area contributed by atoms with Gasteiger partial charge in [0.25, 0.3) is 0 Å². The highest BCUT2D eigenvalue weighted by Gasteiger charge is 2.32. The van der Waals surface area contributed by atoms with E-state index < -0.39 is 16.8 Å². The predicted octanol–water partition coefficient (Wildman–Crippen LogP) is 2.52. The molecule has 6 heteroatoms. The van der Waals surface area contributed by atoms with Crippen molar-refractivity contribution in [1.29, 1.82) is 0 Å². The molecule has 1 heterocycles. The van der Waals surface area contributed by atoms with E-state index in [9.17, 15) is 4.79 Å². The molecule has 0 fully saturated rings. The average molecular weight is 288 g/mol. The lowest BCUT2D eigenvalue weighted by molar-refractivity contribution is -0.139. The number of rotatable bonds is 7. The van der Waals surface area contributed by atoms with E-state index in [1.807, 2.05) is 19.2 Å². The fraction of sp³-hybridized carbons (Fsp3) is 0.667. The Morgan fingerprint density at radius 1 is 1.67 bits per heavy atom. The van der Waals surface area contributed by atoms with Crippen LogP contribution in [0.15, 0.2) is 5.38 Å². The molecule has 4 nitrogen and oxygen atoms in total. The van der Waals surface area contributed by atoms with Crippen molar-refractivity contribution in [3.05, 3.63) is 16.1 Å². The summed E-state index contributed by atoms with van der Waals surface area (Å²) in [5, 5.41) is 12.1. The zero-order valence-corrected chi connectivity index (χ0v) is 12.6. The molecule has 18 heavy (non-hydrogen) atoms. The highest BCUT2D eigenvalue weighted by Crippen LogP contribution is 2.31. The molecule has 3 N–H and O–H groups in total. The van der Waals surface area contributed by atoms with E-state index in [2.05, 4.69) is 11.9 Å². The number of hydrogen-bond acceptors (Lipinski definition) is 5. The number of carbonyl (C=O) groups is 1. The summed E-state index contributed by atoms with van der Waals surface area (Å²) in [5.41, 5.74) is 6.69. The monoisotopic (exact) mass is 288 g/mol. The Bertz CT molecular complexity index is 405. The first-order valence-corrected chi connectivity index (χ1v) is 7.79. The summed E-state index contributed by atoms with van der Waals surface area (Å²) in [6.07, 6.45) is 2.10. The van der Waals surface area contributed by atoms with E-state index in [0.717, 1.165) is 23.5 Å². The summed E-state index contributed by atoms with van der Waals surface area (Å²) >= 11 is 3.21. The Labute approximate surface area is 116 Å². The normalized spacial score (nSPS) is 13.6. The number of carboxylic acids is 1. The first-order valence-electron chi connectivity index (χ1n) is 5.92. The predicted molar refractivity (Wildman–Crippen MR) is 77.1 cm³/mol. The van der Waals surface area contributed by atoms with E-state index >= 15 is 0 Å². The van der Waals surface area contributed by atoms with Gasteiger partial charge >= 0.3 is 5.97 Å². The minimum atomic E-state index is -0.961. The zero-order chi connectivity index (χ0) is 13.8. The van der Waals surface area contributed by atoms with Gasteiger partial charge in [0.1, 0.15) is 6.04 Å². The van der Waals surface area contributed by atoms with Crippen molar-refractivity contribution < 1.29 is 9.90 Å². The molecule has 0 aliphatic carbocycles. The van der Waals surface area contributed by atoms with Crippen molar-refractivity contribution in [3.8, 4) is 0 Å². The van der Waals surface area contributed by atoms with Gasteiger partial charge < -0.3 is 10.8 Å². The molecule has 0 aliphatic heterocycles. The smallest absolute Gasteiger partial charge is 0.321 e. The van der Waals surface area contributed by atoms with Crippen LogP contribution in [-0.4, -0.2) is 26.8 Å². The van der Waals surface area contributed by atoms with Crippen molar-refractivity contribution in [2.75, 3.05) is 0 Å². The molecule has 1 rings (SSSR count). The number of hydrogen-bond donors (Lipinski definition) is 2. The summed E-state index contributed by atoms with van der Waals surface area (Å²) in [4.78, 5) is 15.4. The summed E-state index contributed by atoms with van der Waals surface area (Å²) in [5.74, 6) is -0.258. The Balaban J connectivity index is 2.55. The average Bonchev–Trinajstić information content (AvgIpc) is 2.74. The quantitative estimate of drug-likeness (QED) is 0.806. The molecular formula is C12H20N2O2S2. The zero-order valence-electron chi connectivity index (χ0n) is 11.0. The molecule has 0 radical (unpaired) electrons. The number of aryl methyl sites for hydroxylation is 1. The molecule has 0 aliphatic rings. The van der Waals surface area contributed by atoms with Crippen LogP contribution in [-0.2, 0) is 17.0 Å². The largest absolute Gasteiger partial charge is 0.480 e. The van der Waals surface area contributed by atoms with Crippen LogP contribution in [0.4, 0.5) is 0 Å². The van der Waals surface area contributed by atoms with Gasteiger partial charge in [-0.05, 0) is 26.7 Å². The second kappa shape index (κ2) is 6.54. The first-order chi connectivity index (χ1) is 8.36. The van der Waals surface area contributed by atoms with Crippen molar-refractivity contribution >= 4 is 29.1 Å². The van der Waals surface area contributed by atoms with Crippen molar-refractivity contribution in [1.82, 2.24) is 4.98 Å². The minimum Gasteiger partial charge on any atom is -0.480 e. The lowest BCUT2D eigenvalue weighted by Gasteiger charge is -2.27. The van der Waals surface area contributed by atoms with E-state index in [-0.39, 0.29) is 0 Å². The van der Waals surface area contributed by atoms with Gasteiger partial charge in [-0.1, -0.05) is 6.92 Å². The van der Waals surface area contributed by atoms with Crippen LogP contribution >= 0.6 is 23.1 Å². The highest BCUT2D eigenvalue weighted by atomic mass is 32.2. The topological polar surface area (TPSA) is 76.2 Å². The third kappa shape index (κ3) is 4.26. The highest BCUT2D eigenvalue weighted by molar-refractivity contribution is 7.99. The van der Waals surface area contributed by atoms with Gasteiger partial charge in [-0.2, -0.15) is 0 Å². The third-order valence-corrected chi connectivity index (χ3v) is 5.07. The summed E-state index contributed by atoms with van der Waals surface area (Å²) in [6, 6.07) is -0.865. The number of aliphatic carboxylic acids is 1. The van der Waals surface area contributed by atoms with Gasteiger partial charge in [-0.15, -0.1) is 23.1 Å². The van der Waals surface area contributed by atoms with Gasteiger partial charge in [0.05, 0.1) is 10.7 Å². The van der Waals surface area contributed by atoms with Crippen molar-refractivity contribution in [3.63, 3.8) is 0 Å². The summed E-state index contributed by atoms with van der Waals surface area (Å²) in [6.45, 7) is 5.84. The fourth-order valence-corrected chi connectivity index (χ4v) is 3.34. The van der Waals surface area contributed by atoms with Gasteiger partial charge in [-0.25, -0.2) is 4.98 Å². The lowest BCUT2D eigenvalue weighted by atomic mass is 10.1. The Kier molecular flexibility index (Phi) is 5.62. The number of nitrogens with two attached hydrogens (primary N) is 1. The molecule has 0 bridgehead atoms. The third-order valence-electron chi connectivity index (χ3n) is 2.67. The maximum absolute atomic E-state index is 10.9. The summed E-state index contributed by atoms with van der Waals surface area (Å²) in [7, 11) is 0. The molecule has 0 saturated heterocycles. The molecule has 1 aromatic heterocycles. The Morgan fingerprint density at radius 2 is 2.33 bits per heavy atom. The molecule has 0 spiro atoms. The van der Waals surface area contributed by atoms with Crippen molar-refractivity contribution in [2.45, 2.75) is 50.2 Å². The molecule has 1 aromatic rings. The van der Waals surface area contributed by atoms with E-state index in [1.54, 1.807) is 11.3 Å². The van der Waals surface area contributed by atoms with Crippen molar-refractivity contribution in [2.24, 2.45) is 5.73 Å². The number of aromatic nitrogens is 1. The Hall–Kier alpha value is -0.590. The molecule has 0 saturated carbocycles. The van der Waals surface area contributed by atoms with Crippen LogP contribution in [0.25, 0.3) is 0 Å². The second-order valence-corrected chi connectivity index (χ2v) is 7.26. The molecule has 0 amide bonds. The van der Waals surface area contributed by atoms with Crippen LogP contribution in [0.2, 0.25) is 0 Å². The van der Waals surface area contributed by atoms with E-state index in [0.29, 0.717) is 5.75 Å². The number of thiazole rings is 1. The molecule has 1 atom stereocenters. The second-order valence-electron chi connectivity index (χ2n) is 4.69. The molecule has 0 aromatic carbocycles. The number of carboxylic acid groups (broad SMARTS) is 1. The van der Waals surface area contributed by atoms with Gasteiger partial charge in [-0.3, -0.25) is 4.79 Å². The summed E-state index contributed by atoms with van der Waals surface area (Å²) < 4.78 is -0.500. The Morgan fingerprint density at radius 3 is 2.89 bits per heavy atom. The molecular weight excluding hydrogens is 268 g/mol. The standard InChI is InChI=1S/C12H20N2O2S2/c1-4-5-9-14-8(6-17-9)7-18-12(2,3)10(13)11(15)16/h6,10H,4-5,7,13H2,1-3H3,(H,15,16)/t10-/m1/s1. The van der Waals surface area contributed by atoms with E-state index in [4.69, 9.17) is 10.8 Å². The molecule has 0 unspecified atom stereocenters. The first kappa shape index (κ1) is 15.5. The fourth-order valence-electron chi connectivity index (χ4n) is 1.39. The van der Waals surface area contributed by atoms with E-state index in [1.165, 1.54) is 11.8 Å². The van der Waals surface area contributed by atoms with Gasteiger partial charge in [0.15, 0.2) is 0 Å². The van der Waals surface area contributed by atoms with Gasteiger partial charge in [0, 0.05) is 15.9 Å². The minimum absolute atomic E-state index is 0.500. The lowest BCUT2D eigenvalue weighted by Crippen LogP contribution is -2.46. The number of thioether (sulfide) groups is 1. The van der Waals surface area contributed by atoms with Gasteiger partial charge in [0.2, 0.25) is 0 Å². The maximum Gasteiger partial charge on any atom is 0.321 e. The maximum atomic E-state index is 10.9. The van der Waals surface area contributed by atoms with Crippen LogP contribution < -0.4 is 5.73 Å². The van der Waals surface area contributed by atoms with Crippen LogP contribution in [0.5, 0.6) is 0 Å². The number of nitrogens with zero attached hydrogens (tertiary/aromatic N) is 1. The van der Waals surface area contributed by atoms with Crippen LogP contribution in [0.1, 0.15) is 37.9 Å². The van der Waals surface area contributed by atoms with Crippen LogP contribution in [0.3, 0.4) is 0 Å². The molecule has 102 valence electrons. The SMILES string of the molecule is CCCc1nc(CSC(C)(C)[C@H](N)C(=O)O)cs1. The van der Waals surface area contributed by atoms with Crippen LogP contribution in [0, 0.1) is 0 Å².